The smallest absolute Gasteiger partial charge is 0.283 e. The summed E-state index contributed by atoms with van der Waals surface area (Å²) in [6.45, 7) is 3.93. The Labute approximate surface area is 216 Å². The molecular formula is C27H27N5O4S. The van der Waals surface area contributed by atoms with E-state index in [1.165, 1.54) is 10.8 Å². The molecule has 0 aliphatic carbocycles. The summed E-state index contributed by atoms with van der Waals surface area (Å²) in [4.78, 5) is 31.2. The number of carbonyl (C=O) groups excluding carboxylic acids is 1. The summed E-state index contributed by atoms with van der Waals surface area (Å²) in [7, 11) is 1.56. The second-order valence-electron chi connectivity index (χ2n) is 8.82. The summed E-state index contributed by atoms with van der Waals surface area (Å²) in [6, 6.07) is 13.3. The fourth-order valence-corrected chi connectivity index (χ4v) is 5.09. The number of rotatable bonds is 6. The van der Waals surface area contributed by atoms with Gasteiger partial charge in [0.15, 0.2) is 17.0 Å². The van der Waals surface area contributed by atoms with E-state index in [2.05, 4.69) is 10.1 Å². The number of aromatic amines is 1. The number of H-pyrrole nitrogens is 1. The third-order valence-corrected chi connectivity index (χ3v) is 7.22. The molecule has 1 fully saturated rings. The van der Waals surface area contributed by atoms with Gasteiger partial charge in [-0.15, -0.1) is 0 Å². The van der Waals surface area contributed by atoms with Gasteiger partial charge in [-0.05, 0) is 54.7 Å². The van der Waals surface area contributed by atoms with E-state index in [0.717, 1.165) is 48.4 Å². The molecule has 3 heterocycles. The van der Waals surface area contributed by atoms with Gasteiger partial charge in [-0.1, -0.05) is 41.7 Å². The van der Waals surface area contributed by atoms with Gasteiger partial charge in [0.2, 0.25) is 11.0 Å². The molecule has 5 rings (SSSR count). The zero-order valence-electron chi connectivity index (χ0n) is 20.6. The predicted octanol–water partition coefficient (Wildman–Crippen LogP) is 1.67. The maximum absolute atomic E-state index is 12.8. The Bertz CT molecular complexity index is 1660. The van der Waals surface area contributed by atoms with Crippen LogP contribution in [0.2, 0.25) is 0 Å². The van der Waals surface area contributed by atoms with Crippen molar-refractivity contribution in [2.45, 2.75) is 26.4 Å². The maximum Gasteiger partial charge on any atom is 0.283 e. The molecule has 0 bridgehead atoms. The third kappa shape index (κ3) is 5.19. The van der Waals surface area contributed by atoms with E-state index in [-0.39, 0.29) is 16.6 Å². The van der Waals surface area contributed by atoms with Crippen molar-refractivity contribution >= 4 is 29.4 Å². The number of aryl methyl sites for hydroxylation is 1. The number of nitrogens with zero attached hydrogens (tertiary/aromatic N) is 3. The van der Waals surface area contributed by atoms with Crippen molar-refractivity contribution in [3.8, 4) is 16.6 Å². The van der Waals surface area contributed by atoms with Gasteiger partial charge in [-0.3, -0.25) is 20.1 Å². The number of benzene rings is 2. The number of hydrogen-bond acceptors (Lipinski definition) is 7. The molecule has 1 saturated heterocycles. The van der Waals surface area contributed by atoms with Gasteiger partial charge in [0, 0.05) is 19.2 Å². The fourth-order valence-electron chi connectivity index (χ4n) is 4.24. The van der Waals surface area contributed by atoms with Crippen LogP contribution < -0.4 is 30.4 Å². The van der Waals surface area contributed by atoms with Gasteiger partial charge in [0.1, 0.15) is 11.3 Å². The van der Waals surface area contributed by atoms with Crippen LogP contribution in [0.3, 0.4) is 0 Å². The second-order valence-corrected chi connectivity index (χ2v) is 9.83. The van der Waals surface area contributed by atoms with E-state index >= 15 is 0 Å². The molecule has 0 atom stereocenters. The Morgan fingerprint density at radius 3 is 2.73 bits per heavy atom. The summed E-state index contributed by atoms with van der Waals surface area (Å²) in [5.41, 5.74) is 2.33. The molecule has 10 heteroatoms. The van der Waals surface area contributed by atoms with Crippen LogP contribution >= 0.6 is 11.3 Å². The van der Waals surface area contributed by atoms with Crippen molar-refractivity contribution in [3.05, 3.63) is 84.9 Å². The minimum Gasteiger partial charge on any atom is -0.493 e. The second kappa shape index (κ2) is 10.4. The summed E-state index contributed by atoms with van der Waals surface area (Å²) in [6.07, 6.45) is 5.11. The van der Waals surface area contributed by atoms with Crippen LogP contribution in [-0.2, 0) is 11.4 Å². The number of methoxy groups -OCH3 is 1. The topological polar surface area (TPSA) is 113 Å². The third-order valence-electron chi connectivity index (χ3n) is 6.34. The molecule has 2 N–H and O–H groups in total. The Morgan fingerprint density at radius 1 is 1.19 bits per heavy atom. The number of aromatic nitrogens is 3. The summed E-state index contributed by atoms with van der Waals surface area (Å²) in [5.74, 6) is 1.01. The van der Waals surface area contributed by atoms with Crippen molar-refractivity contribution < 1.29 is 14.3 Å². The molecular weight excluding hydrogens is 490 g/mol. The summed E-state index contributed by atoms with van der Waals surface area (Å²) >= 11 is 1.16. The normalized spacial score (nSPS) is 14.5. The molecule has 0 spiro atoms. The van der Waals surface area contributed by atoms with Crippen molar-refractivity contribution in [1.29, 1.82) is 5.41 Å². The van der Waals surface area contributed by atoms with E-state index in [4.69, 9.17) is 14.9 Å². The van der Waals surface area contributed by atoms with Crippen LogP contribution in [0, 0.1) is 12.3 Å². The summed E-state index contributed by atoms with van der Waals surface area (Å²) < 4.78 is 13.5. The minimum atomic E-state index is -0.517. The molecule has 9 nitrogen and oxygen atoms in total. The first-order valence-electron chi connectivity index (χ1n) is 12.0. The number of fused-ring (bicyclic) bond motifs is 1. The molecule has 0 unspecified atom stereocenters. The van der Waals surface area contributed by atoms with Crippen LogP contribution in [0.4, 0.5) is 0 Å². The molecule has 0 aromatic heterocycles. The number of nitrogens with one attached hydrogen (secondary N) is 2. The quantitative estimate of drug-likeness (QED) is 0.404. The minimum absolute atomic E-state index is 0.0432. The van der Waals surface area contributed by atoms with Crippen molar-refractivity contribution in [2.24, 2.45) is 0 Å². The van der Waals surface area contributed by atoms with Gasteiger partial charge in [0.05, 0.1) is 12.3 Å². The molecule has 0 radical (unpaired) electrons. The Hall–Kier alpha value is -4.18. The first-order chi connectivity index (χ1) is 17.9. The molecule has 2 aromatic rings. The highest BCUT2D eigenvalue weighted by molar-refractivity contribution is 7.11. The van der Waals surface area contributed by atoms with Gasteiger partial charge < -0.3 is 14.4 Å². The molecule has 2 aromatic carbocycles. The Balaban J connectivity index is 1.46. The lowest BCUT2D eigenvalue weighted by molar-refractivity contribution is -0.123. The highest BCUT2D eigenvalue weighted by Gasteiger charge is 2.17. The highest BCUT2D eigenvalue weighted by atomic mass is 32.1. The average Bonchev–Trinajstić information content (AvgIpc) is 3.57. The average molecular weight is 518 g/mol. The number of carbonyl (C=O) groups is 1. The molecule has 1 amide bonds. The first-order valence-corrected chi connectivity index (χ1v) is 12.8. The van der Waals surface area contributed by atoms with Crippen molar-refractivity contribution in [1.82, 2.24) is 19.7 Å². The zero-order chi connectivity index (χ0) is 25.9. The number of likely N-dealkylation sites (tertiary alicyclic amines) is 1. The monoisotopic (exact) mass is 517 g/mol. The van der Waals surface area contributed by atoms with Crippen LogP contribution in [0.5, 0.6) is 11.5 Å². The zero-order valence-corrected chi connectivity index (χ0v) is 21.4. The van der Waals surface area contributed by atoms with Crippen LogP contribution in [0.25, 0.3) is 17.3 Å². The number of ether oxygens (including phenoxy) is 2. The number of hydrogen-bond donors (Lipinski definition) is 2. The maximum atomic E-state index is 12.8. The lowest BCUT2D eigenvalue weighted by atomic mass is 10.1. The lowest BCUT2D eigenvalue weighted by Gasteiger charge is -2.12. The Morgan fingerprint density at radius 2 is 1.97 bits per heavy atom. The molecule has 190 valence electrons. The standard InChI is InChI=1S/C27H27N5O4S/c1-17-7-3-4-8-19(17)16-36-21-10-9-18(14-22(21)35-2)13-20-25(28)32-27(29-26(20)34)37-23(30-32)15-24(33)31-11-5-6-12-31/h3-4,7-10,13-15,28,30H,5-6,11-12,16H2,1-2H3/b20-13-,23-15+,28-25?. The van der Waals surface area contributed by atoms with Crippen molar-refractivity contribution in [2.75, 3.05) is 20.2 Å². The summed E-state index contributed by atoms with van der Waals surface area (Å²) in [5, 5.41) is 12.1. The van der Waals surface area contributed by atoms with E-state index < -0.39 is 5.56 Å². The van der Waals surface area contributed by atoms with E-state index in [1.54, 1.807) is 36.3 Å². The van der Waals surface area contributed by atoms with E-state index in [1.807, 2.05) is 31.2 Å². The molecule has 0 saturated carbocycles. The predicted molar refractivity (Wildman–Crippen MR) is 141 cm³/mol. The van der Waals surface area contributed by atoms with Gasteiger partial charge >= 0.3 is 0 Å². The van der Waals surface area contributed by atoms with Crippen LogP contribution in [-0.4, -0.2) is 45.8 Å². The largest absolute Gasteiger partial charge is 0.493 e. The first kappa shape index (κ1) is 24.5. The van der Waals surface area contributed by atoms with Gasteiger partial charge in [-0.2, -0.15) is 4.98 Å². The fraction of sp³-hybridized carbons (Fsp3) is 0.259. The molecule has 3 aliphatic heterocycles. The van der Waals surface area contributed by atoms with Gasteiger partial charge in [0.25, 0.3) is 5.56 Å². The van der Waals surface area contributed by atoms with Crippen LogP contribution in [0.15, 0.2) is 47.3 Å². The Kier molecular flexibility index (Phi) is 6.91. The van der Waals surface area contributed by atoms with Gasteiger partial charge in [-0.25, -0.2) is 4.68 Å². The highest BCUT2D eigenvalue weighted by Crippen LogP contribution is 2.29. The van der Waals surface area contributed by atoms with E-state index in [0.29, 0.717) is 33.5 Å². The van der Waals surface area contributed by atoms with Crippen LogP contribution in [0.1, 0.15) is 29.5 Å². The lowest BCUT2D eigenvalue weighted by Crippen LogP contribution is -2.47. The van der Waals surface area contributed by atoms with E-state index in [9.17, 15) is 9.59 Å². The SMILES string of the molecule is COc1cc(/C=c2\c(=O)nc3s/c(=C/C(=O)N4CCCC4)[nH]n-3c2=N)ccc1OCc1ccccc1C. The molecule has 3 aliphatic rings. The van der Waals surface area contributed by atoms with Crippen molar-refractivity contribution in [3.63, 3.8) is 0 Å². The number of amides is 1. The molecule has 37 heavy (non-hydrogen) atoms.